The van der Waals surface area contributed by atoms with Gasteiger partial charge in [-0.1, -0.05) is 0 Å². The van der Waals surface area contributed by atoms with Crippen molar-refractivity contribution in [3.05, 3.63) is 84.1 Å². The summed E-state index contributed by atoms with van der Waals surface area (Å²) in [6.07, 6.45) is 6.36. The monoisotopic (exact) mass is 570 g/mol. The summed E-state index contributed by atoms with van der Waals surface area (Å²) in [5.74, 6) is -0.485. The van der Waals surface area contributed by atoms with E-state index in [2.05, 4.69) is 40.8 Å². The average Bonchev–Trinajstić information content (AvgIpc) is 3.54. The van der Waals surface area contributed by atoms with Gasteiger partial charge in [0.25, 0.3) is 0 Å². The van der Waals surface area contributed by atoms with Crippen LogP contribution >= 0.6 is 0 Å². The predicted octanol–water partition coefficient (Wildman–Crippen LogP) is 4.48. The highest BCUT2D eigenvalue weighted by Gasteiger charge is 2.17. The highest BCUT2D eigenvalue weighted by molar-refractivity contribution is 7.88. The molecule has 12 heteroatoms. The number of fused-ring (bicyclic) bond motifs is 2. The molecule has 0 radical (unpaired) electrons. The van der Waals surface area contributed by atoms with Crippen molar-refractivity contribution in [3.8, 4) is 33.9 Å². The van der Waals surface area contributed by atoms with E-state index in [0.29, 0.717) is 28.0 Å². The third-order valence-electron chi connectivity index (χ3n) is 6.57. The Labute approximate surface area is 235 Å². The molecule has 0 saturated heterocycles. The van der Waals surface area contributed by atoms with Crippen molar-refractivity contribution < 1.29 is 12.8 Å². The molecule has 5 aromatic heterocycles. The van der Waals surface area contributed by atoms with Gasteiger partial charge in [0, 0.05) is 53.7 Å². The minimum Gasteiger partial charge on any atom is -0.353 e. The zero-order valence-corrected chi connectivity index (χ0v) is 23.4. The fourth-order valence-corrected chi connectivity index (χ4v) is 5.27. The largest absolute Gasteiger partial charge is 0.353 e. The average molecular weight is 571 g/mol. The molecule has 0 aliphatic carbocycles. The fraction of sp³-hybridized carbons (Fsp3) is 0.172. The van der Waals surface area contributed by atoms with Gasteiger partial charge < -0.3 is 9.88 Å². The molecule has 0 bridgehead atoms. The Morgan fingerprint density at radius 1 is 0.951 bits per heavy atom. The SMILES string of the molecule is CN(C)Cc1cncc(-c2ccc3[nH]nc(-c4cc5c(-c6cc(F)cc(CNS(C)(=O)=O)c6)nccc5[nH]4)c3n2)c1. The maximum atomic E-state index is 14.6. The summed E-state index contributed by atoms with van der Waals surface area (Å²) in [7, 11) is 0.597. The number of rotatable bonds is 8. The molecule has 5 heterocycles. The van der Waals surface area contributed by atoms with E-state index in [0.717, 1.165) is 51.7 Å². The first-order valence-corrected chi connectivity index (χ1v) is 14.7. The number of pyridine rings is 3. The molecule has 0 aliphatic heterocycles. The van der Waals surface area contributed by atoms with Gasteiger partial charge in [0.05, 0.1) is 28.9 Å². The zero-order chi connectivity index (χ0) is 28.7. The quantitative estimate of drug-likeness (QED) is 0.246. The molecule has 1 aromatic carbocycles. The number of benzene rings is 1. The Kier molecular flexibility index (Phi) is 6.81. The summed E-state index contributed by atoms with van der Waals surface area (Å²) in [5.41, 5.74) is 7.98. The summed E-state index contributed by atoms with van der Waals surface area (Å²) < 4.78 is 40.0. The maximum Gasteiger partial charge on any atom is 0.209 e. The standard InChI is InChI=1S/C29H27FN8O2S/c1-38(2)16-18-9-20(15-31-13-18)23-4-5-25-28(35-23)29(37-36-25)26-12-22-24(34-26)6-7-32-27(22)19-8-17(10-21(30)11-19)14-33-41(3,39)40/h4-13,15,33-34H,14,16H2,1-3H3,(H,36,37). The first-order valence-electron chi connectivity index (χ1n) is 12.8. The predicted molar refractivity (Wildman–Crippen MR) is 157 cm³/mol. The molecular weight excluding hydrogens is 543 g/mol. The second-order valence-corrected chi connectivity index (χ2v) is 12.1. The lowest BCUT2D eigenvalue weighted by atomic mass is 10.0. The molecular formula is C29H27FN8O2S. The van der Waals surface area contributed by atoms with Crippen molar-refractivity contribution in [1.29, 1.82) is 0 Å². The topological polar surface area (TPSA) is 133 Å². The zero-order valence-electron chi connectivity index (χ0n) is 22.6. The number of aromatic nitrogens is 6. The number of hydrogen-bond acceptors (Lipinski definition) is 7. The van der Waals surface area contributed by atoms with Crippen LogP contribution in [0.25, 0.3) is 55.8 Å². The van der Waals surface area contributed by atoms with Crippen LogP contribution in [0.15, 0.2) is 67.1 Å². The molecule has 6 rings (SSSR count). The maximum absolute atomic E-state index is 14.6. The Bertz CT molecular complexity index is 2020. The van der Waals surface area contributed by atoms with Crippen molar-refractivity contribution in [1.82, 2.24) is 39.8 Å². The second-order valence-electron chi connectivity index (χ2n) is 10.2. The minimum absolute atomic E-state index is 0.0290. The van der Waals surface area contributed by atoms with Crippen LogP contribution in [0.3, 0.4) is 0 Å². The lowest BCUT2D eigenvalue weighted by Gasteiger charge is -2.10. The van der Waals surface area contributed by atoms with Gasteiger partial charge in [-0.3, -0.25) is 15.1 Å². The minimum atomic E-state index is -3.43. The van der Waals surface area contributed by atoms with Crippen LogP contribution < -0.4 is 4.72 Å². The van der Waals surface area contributed by atoms with E-state index in [1.54, 1.807) is 18.5 Å². The van der Waals surface area contributed by atoms with Gasteiger partial charge in [0.1, 0.15) is 17.0 Å². The van der Waals surface area contributed by atoms with Crippen LogP contribution in [0.5, 0.6) is 0 Å². The van der Waals surface area contributed by atoms with Crippen molar-refractivity contribution in [2.45, 2.75) is 13.1 Å². The van der Waals surface area contributed by atoms with Crippen molar-refractivity contribution in [3.63, 3.8) is 0 Å². The van der Waals surface area contributed by atoms with Gasteiger partial charge in [-0.25, -0.2) is 22.5 Å². The summed E-state index contributed by atoms with van der Waals surface area (Å²) >= 11 is 0. The number of halogens is 1. The molecule has 208 valence electrons. The van der Waals surface area contributed by atoms with E-state index in [1.807, 2.05) is 44.6 Å². The summed E-state index contributed by atoms with van der Waals surface area (Å²) in [6, 6.07) is 14.1. The van der Waals surface area contributed by atoms with Gasteiger partial charge >= 0.3 is 0 Å². The molecule has 0 fully saturated rings. The third-order valence-corrected chi connectivity index (χ3v) is 7.24. The van der Waals surface area contributed by atoms with Crippen LogP contribution in [0, 0.1) is 5.82 Å². The summed E-state index contributed by atoms with van der Waals surface area (Å²) in [4.78, 5) is 19.3. The first kappa shape index (κ1) is 26.7. The molecule has 10 nitrogen and oxygen atoms in total. The Morgan fingerprint density at radius 2 is 1.78 bits per heavy atom. The van der Waals surface area contributed by atoms with Gasteiger partial charge in [-0.15, -0.1) is 0 Å². The first-order chi connectivity index (χ1) is 19.6. The second kappa shape index (κ2) is 10.5. The Balaban J connectivity index is 1.40. The normalized spacial score (nSPS) is 12.1. The van der Waals surface area contributed by atoms with Crippen molar-refractivity contribution in [2.24, 2.45) is 0 Å². The highest BCUT2D eigenvalue weighted by atomic mass is 32.2. The Morgan fingerprint density at radius 3 is 2.59 bits per heavy atom. The number of aromatic amines is 2. The molecule has 6 aromatic rings. The van der Waals surface area contributed by atoms with Gasteiger partial charge in [-0.2, -0.15) is 5.10 Å². The number of nitrogens with zero attached hydrogens (tertiary/aromatic N) is 5. The van der Waals surface area contributed by atoms with E-state index >= 15 is 0 Å². The lowest BCUT2D eigenvalue weighted by Crippen LogP contribution is -2.21. The summed E-state index contributed by atoms with van der Waals surface area (Å²) in [6.45, 7) is 0.741. The molecule has 0 unspecified atom stereocenters. The van der Waals surface area contributed by atoms with Crippen LogP contribution in [0.4, 0.5) is 4.39 Å². The van der Waals surface area contributed by atoms with Gasteiger partial charge in [0.15, 0.2) is 0 Å². The molecule has 0 atom stereocenters. The molecule has 0 saturated carbocycles. The lowest BCUT2D eigenvalue weighted by molar-refractivity contribution is 0.402. The smallest absolute Gasteiger partial charge is 0.209 e. The third kappa shape index (κ3) is 5.71. The molecule has 3 N–H and O–H groups in total. The van der Waals surface area contributed by atoms with E-state index in [1.165, 1.54) is 12.1 Å². The van der Waals surface area contributed by atoms with Crippen LogP contribution in [0.1, 0.15) is 11.1 Å². The van der Waals surface area contributed by atoms with Gasteiger partial charge in [-0.05, 0) is 73.8 Å². The molecule has 41 heavy (non-hydrogen) atoms. The van der Waals surface area contributed by atoms with E-state index in [4.69, 9.17) is 4.98 Å². The molecule has 0 aliphatic rings. The number of sulfonamides is 1. The number of H-pyrrole nitrogens is 2. The summed E-state index contributed by atoms with van der Waals surface area (Å²) in [5, 5.41) is 8.37. The van der Waals surface area contributed by atoms with Crippen LogP contribution in [0.2, 0.25) is 0 Å². The van der Waals surface area contributed by atoms with Crippen molar-refractivity contribution in [2.75, 3.05) is 20.4 Å². The molecule has 0 spiro atoms. The fourth-order valence-electron chi connectivity index (χ4n) is 4.84. The van der Waals surface area contributed by atoms with Gasteiger partial charge in [0.2, 0.25) is 10.0 Å². The van der Waals surface area contributed by atoms with Crippen molar-refractivity contribution >= 4 is 32.0 Å². The van der Waals surface area contributed by atoms with E-state index < -0.39 is 15.8 Å². The number of nitrogens with one attached hydrogen (secondary N) is 3. The Hall–Kier alpha value is -4.52. The number of hydrogen-bond donors (Lipinski definition) is 3. The van der Waals surface area contributed by atoms with Crippen LogP contribution in [-0.4, -0.2) is 63.8 Å². The highest BCUT2D eigenvalue weighted by Crippen LogP contribution is 2.33. The van der Waals surface area contributed by atoms with Crippen LogP contribution in [-0.2, 0) is 23.1 Å². The van der Waals surface area contributed by atoms with E-state index in [-0.39, 0.29) is 6.54 Å². The van der Waals surface area contributed by atoms with E-state index in [9.17, 15) is 12.8 Å². The molecule has 0 amide bonds.